The largest absolute Gasteiger partial charge is 0.436 e. The highest BCUT2D eigenvalue weighted by Gasteiger charge is 2.12. The van der Waals surface area contributed by atoms with Crippen molar-refractivity contribution in [2.24, 2.45) is 0 Å². The highest BCUT2D eigenvalue weighted by Crippen LogP contribution is 2.24. The second-order valence-electron chi connectivity index (χ2n) is 3.45. The van der Waals surface area contributed by atoms with Crippen LogP contribution in [0.5, 0.6) is 11.6 Å². The van der Waals surface area contributed by atoms with E-state index in [2.05, 4.69) is 4.98 Å². The Labute approximate surface area is 112 Å². The predicted molar refractivity (Wildman–Crippen MR) is 63.7 cm³/mol. The minimum absolute atomic E-state index is 0.0893. The number of hydrogen-bond acceptors (Lipinski definition) is 4. The molecule has 0 saturated carbocycles. The van der Waals surface area contributed by atoms with Crippen LogP contribution in [0.1, 0.15) is 0 Å². The van der Waals surface area contributed by atoms with Crippen LogP contribution in [-0.4, -0.2) is 13.4 Å². The molecular weight excluding hydrogens is 300 g/mol. The van der Waals surface area contributed by atoms with Gasteiger partial charge in [-0.3, -0.25) is 0 Å². The van der Waals surface area contributed by atoms with Crippen LogP contribution in [0.2, 0.25) is 0 Å². The van der Waals surface area contributed by atoms with Crippen LogP contribution in [0.4, 0.5) is 8.78 Å². The van der Waals surface area contributed by atoms with Gasteiger partial charge in [-0.15, -0.1) is 0 Å². The molecule has 0 atom stereocenters. The minimum Gasteiger partial charge on any atom is -0.436 e. The predicted octanol–water partition coefficient (Wildman–Crippen LogP) is 3.08. The van der Waals surface area contributed by atoms with Crippen LogP contribution in [0.15, 0.2) is 41.4 Å². The lowest BCUT2D eigenvalue weighted by Crippen LogP contribution is -1.95. The number of nitrogens with zero attached hydrogens (tertiary/aromatic N) is 1. The third-order valence-corrected chi connectivity index (χ3v) is 3.44. The molecule has 2 aromatic rings. The summed E-state index contributed by atoms with van der Waals surface area (Å²) in [5.41, 5.74) is 0. The Bertz CT molecular complexity index is 704. The van der Waals surface area contributed by atoms with E-state index in [0.29, 0.717) is 0 Å². The Kier molecular flexibility index (Phi) is 3.68. The zero-order chi connectivity index (χ0) is 14.0. The standard InChI is InChI=1S/C11H6ClF2NO3S/c12-19(16,17)8-2-4-11(15-6-8)18-10-5-7(13)1-3-9(10)14/h1-6H. The molecule has 0 aliphatic carbocycles. The SMILES string of the molecule is O=S(=O)(Cl)c1ccc(Oc2cc(F)ccc2F)nc1. The quantitative estimate of drug-likeness (QED) is 0.818. The lowest BCUT2D eigenvalue weighted by atomic mass is 10.3. The highest BCUT2D eigenvalue weighted by atomic mass is 35.7. The lowest BCUT2D eigenvalue weighted by molar-refractivity contribution is 0.422. The van der Waals surface area contributed by atoms with Gasteiger partial charge in [0.25, 0.3) is 9.05 Å². The summed E-state index contributed by atoms with van der Waals surface area (Å²) in [6, 6.07) is 5.02. The van der Waals surface area contributed by atoms with Crippen molar-refractivity contribution in [2.75, 3.05) is 0 Å². The summed E-state index contributed by atoms with van der Waals surface area (Å²) in [5, 5.41) is 0. The molecule has 1 heterocycles. The maximum atomic E-state index is 13.3. The maximum Gasteiger partial charge on any atom is 0.262 e. The van der Waals surface area contributed by atoms with Crippen molar-refractivity contribution in [1.29, 1.82) is 0 Å². The van der Waals surface area contributed by atoms with Crippen LogP contribution in [0.25, 0.3) is 0 Å². The molecule has 4 nitrogen and oxygen atoms in total. The van der Waals surface area contributed by atoms with Gasteiger partial charge in [0, 0.05) is 22.8 Å². The van der Waals surface area contributed by atoms with Crippen molar-refractivity contribution in [3.05, 3.63) is 48.2 Å². The molecule has 100 valence electrons. The van der Waals surface area contributed by atoms with E-state index in [1.807, 2.05) is 0 Å². The molecule has 0 radical (unpaired) electrons. The van der Waals surface area contributed by atoms with Gasteiger partial charge in [0.1, 0.15) is 10.7 Å². The van der Waals surface area contributed by atoms with Crippen LogP contribution in [0, 0.1) is 11.6 Å². The fourth-order valence-corrected chi connectivity index (χ4v) is 1.92. The van der Waals surface area contributed by atoms with Crippen LogP contribution >= 0.6 is 10.7 Å². The third-order valence-electron chi connectivity index (χ3n) is 2.10. The molecule has 0 bridgehead atoms. The monoisotopic (exact) mass is 305 g/mol. The summed E-state index contributed by atoms with van der Waals surface area (Å²) in [6.45, 7) is 0. The summed E-state index contributed by atoms with van der Waals surface area (Å²) in [4.78, 5) is 3.42. The molecular formula is C11H6ClF2NO3S. The van der Waals surface area contributed by atoms with Crippen LogP contribution < -0.4 is 4.74 Å². The molecule has 0 aliphatic rings. The Hall–Kier alpha value is -1.73. The first-order valence-corrected chi connectivity index (χ1v) is 7.21. The summed E-state index contributed by atoms with van der Waals surface area (Å²) in [6.07, 6.45) is 0.953. The van der Waals surface area contributed by atoms with Crippen molar-refractivity contribution in [2.45, 2.75) is 4.90 Å². The zero-order valence-corrected chi connectivity index (χ0v) is 10.8. The van der Waals surface area contributed by atoms with E-state index in [9.17, 15) is 17.2 Å². The molecule has 1 aromatic heterocycles. The number of hydrogen-bond donors (Lipinski definition) is 0. The zero-order valence-electron chi connectivity index (χ0n) is 9.18. The average Bonchev–Trinajstić information content (AvgIpc) is 2.33. The molecule has 0 saturated heterocycles. The van der Waals surface area contributed by atoms with E-state index in [-0.39, 0.29) is 16.5 Å². The van der Waals surface area contributed by atoms with Gasteiger partial charge >= 0.3 is 0 Å². The summed E-state index contributed by atoms with van der Waals surface area (Å²) < 4.78 is 53.1. The molecule has 0 amide bonds. The fourth-order valence-electron chi connectivity index (χ4n) is 1.24. The van der Waals surface area contributed by atoms with Gasteiger partial charge in [-0.1, -0.05) is 0 Å². The van der Waals surface area contributed by atoms with E-state index in [1.54, 1.807) is 0 Å². The minimum atomic E-state index is -3.89. The second-order valence-corrected chi connectivity index (χ2v) is 6.01. The number of aromatic nitrogens is 1. The van der Waals surface area contributed by atoms with Gasteiger partial charge in [0.15, 0.2) is 11.6 Å². The Morgan fingerprint density at radius 3 is 2.47 bits per heavy atom. The smallest absolute Gasteiger partial charge is 0.262 e. The molecule has 19 heavy (non-hydrogen) atoms. The van der Waals surface area contributed by atoms with Crippen molar-refractivity contribution < 1.29 is 21.9 Å². The highest BCUT2D eigenvalue weighted by molar-refractivity contribution is 8.13. The Balaban J connectivity index is 2.27. The number of benzene rings is 1. The first-order valence-electron chi connectivity index (χ1n) is 4.90. The van der Waals surface area contributed by atoms with Crippen molar-refractivity contribution in [3.63, 3.8) is 0 Å². The van der Waals surface area contributed by atoms with Gasteiger partial charge in [0.05, 0.1) is 6.20 Å². The number of ether oxygens (including phenoxy) is 1. The maximum absolute atomic E-state index is 13.3. The second kappa shape index (κ2) is 5.10. The first-order chi connectivity index (χ1) is 8.86. The number of halogens is 3. The topological polar surface area (TPSA) is 56.3 Å². The molecule has 0 spiro atoms. The van der Waals surface area contributed by atoms with E-state index in [1.165, 1.54) is 6.07 Å². The molecule has 1 aromatic carbocycles. The molecule has 0 unspecified atom stereocenters. The van der Waals surface area contributed by atoms with Gasteiger partial charge in [-0.25, -0.2) is 22.2 Å². The first kappa shape index (κ1) is 13.7. The van der Waals surface area contributed by atoms with E-state index in [4.69, 9.17) is 15.4 Å². The normalized spacial score (nSPS) is 11.3. The summed E-state index contributed by atoms with van der Waals surface area (Å²) >= 11 is 0. The molecule has 2 rings (SSSR count). The van der Waals surface area contributed by atoms with Crippen molar-refractivity contribution in [1.82, 2.24) is 4.98 Å². The Morgan fingerprint density at radius 1 is 1.16 bits per heavy atom. The number of pyridine rings is 1. The molecule has 0 N–H and O–H groups in total. The van der Waals surface area contributed by atoms with E-state index < -0.39 is 20.7 Å². The number of rotatable bonds is 3. The van der Waals surface area contributed by atoms with Gasteiger partial charge < -0.3 is 4.74 Å². The van der Waals surface area contributed by atoms with E-state index in [0.717, 1.165) is 30.5 Å². The summed E-state index contributed by atoms with van der Waals surface area (Å²) in [5.74, 6) is -1.88. The lowest BCUT2D eigenvalue weighted by Gasteiger charge is -2.06. The van der Waals surface area contributed by atoms with Gasteiger partial charge in [-0.05, 0) is 18.2 Å². The summed E-state index contributed by atoms with van der Waals surface area (Å²) in [7, 11) is 1.21. The van der Waals surface area contributed by atoms with Crippen molar-refractivity contribution in [3.8, 4) is 11.6 Å². The average molecular weight is 306 g/mol. The fraction of sp³-hybridized carbons (Fsp3) is 0. The van der Waals surface area contributed by atoms with Crippen molar-refractivity contribution >= 4 is 19.7 Å². The molecule has 0 fully saturated rings. The van der Waals surface area contributed by atoms with Crippen LogP contribution in [-0.2, 0) is 9.05 Å². The Morgan fingerprint density at radius 2 is 1.89 bits per heavy atom. The molecule has 8 heteroatoms. The van der Waals surface area contributed by atoms with Crippen LogP contribution in [0.3, 0.4) is 0 Å². The van der Waals surface area contributed by atoms with E-state index >= 15 is 0 Å². The third kappa shape index (κ3) is 3.39. The van der Waals surface area contributed by atoms with Gasteiger partial charge in [-0.2, -0.15) is 0 Å². The van der Waals surface area contributed by atoms with Gasteiger partial charge in [0.2, 0.25) is 5.88 Å². The molecule has 0 aliphatic heterocycles.